The Labute approximate surface area is 480 Å². The number of benzene rings is 3. The van der Waals surface area contributed by atoms with Gasteiger partial charge in [-0.25, -0.2) is 4.79 Å². The number of aliphatic imine (C=N–C) groups is 1. The number of allylic oxidation sites excluding steroid dienone is 4. The number of nitrogens with one attached hydrogen (secondary N) is 4. The highest BCUT2D eigenvalue weighted by molar-refractivity contribution is 6.05. The van der Waals surface area contributed by atoms with E-state index in [2.05, 4.69) is 131 Å². The molecule has 1 fully saturated rings. The molecule has 20 nitrogen and oxygen atoms in total. The number of hydroxylamine groups is 2. The fraction of sp³-hybridized carbons (Fsp3) is 0.452. The lowest BCUT2D eigenvalue weighted by Crippen LogP contribution is -2.54. The molecule has 6 amide bonds. The number of aromatic hydroxyl groups is 1. The van der Waals surface area contributed by atoms with Crippen LogP contribution in [0.5, 0.6) is 5.75 Å². The summed E-state index contributed by atoms with van der Waals surface area (Å²) in [6.45, 7) is 13.4. The molecule has 3 aromatic carbocycles. The van der Waals surface area contributed by atoms with Crippen LogP contribution >= 0.6 is 0 Å². The predicted octanol–water partition coefficient (Wildman–Crippen LogP) is 6.40. The number of carbonyl (C=O) groups excluding carboxylic acids is 7. The molecule has 436 valence electrons. The second-order valence-electron chi connectivity index (χ2n) is 21.8. The number of para-hydroxylation sites is 2. The molecule has 2 atom stereocenters. The topological polar surface area (TPSA) is 295 Å². The highest BCUT2D eigenvalue weighted by Crippen LogP contribution is 2.48. The number of nitriles is 1. The van der Waals surface area contributed by atoms with Gasteiger partial charge in [0.2, 0.25) is 23.4 Å². The summed E-state index contributed by atoms with van der Waals surface area (Å²) in [5.74, 6) is -4.17. The van der Waals surface area contributed by atoms with Gasteiger partial charge in [-0.05, 0) is 107 Å². The van der Waals surface area contributed by atoms with Crippen LogP contribution < -0.4 is 37.6 Å². The average Bonchev–Trinajstić information content (AvgIpc) is 3.84. The van der Waals surface area contributed by atoms with Gasteiger partial charge in [-0.15, -0.1) is 5.06 Å². The van der Waals surface area contributed by atoms with E-state index in [-0.39, 0.29) is 85.6 Å². The van der Waals surface area contributed by atoms with E-state index in [0.29, 0.717) is 68.7 Å². The molecule has 0 aliphatic carbocycles. The zero-order valence-electron chi connectivity index (χ0n) is 47.9. The van der Waals surface area contributed by atoms with E-state index < -0.39 is 47.6 Å². The van der Waals surface area contributed by atoms with E-state index in [1.165, 1.54) is 52.9 Å². The van der Waals surface area contributed by atoms with Crippen molar-refractivity contribution in [3.05, 3.63) is 119 Å². The number of hydrogen-bond acceptors (Lipinski definition) is 12. The SMILES string of the molecule is CCC[N+]1=C(/C=C/C=C2/N(CCCC(=O)NCCCCC(NC(=O)/C(C#N)=C/c3ccc(O)cc3)C(=O)NC(CCCN=C(N)N)C(=O)NCCCCCC(=O)ON3C(=O)CCC3=O)c3ccccc3C2(C)C)C(C)(C)c2ccccc21. The fourth-order valence-corrected chi connectivity index (χ4v) is 10.6. The average molecular weight is 1120 g/mol. The Hall–Kier alpha value is -8.60. The van der Waals surface area contributed by atoms with E-state index in [1.54, 1.807) is 0 Å². The predicted molar refractivity (Wildman–Crippen MR) is 314 cm³/mol. The summed E-state index contributed by atoms with van der Waals surface area (Å²) in [7, 11) is 0. The number of rotatable bonds is 30. The number of imide groups is 1. The Morgan fingerprint density at radius 2 is 1.45 bits per heavy atom. The number of hydrogen-bond donors (Lipinski definition) is 7. The molecule has 3 aliphatic heterocycles. The number of nitrogens with zero attached hydrogens (tertiary/aromatic N) is 5. The summed E-state index contributed by atoms with van der Waals surface area (Å²) >= 11 is 0. The van der Waals surface area contributed by atoms with Gasteiger partial charge in [0.05, 0.1) is 5.41 Å². The lowest BCUT2D eigenvalue weighted by molar-refractivity contribution is -0.437. The maximum atomic E-state index is 14.2. The first-order valence-electron chi connectivity index (χ1n) is 28.5. The largest absolute Gasteiger partial charge is 0.508 e. The van der Waals surface area contributed by atoms with Crippen molar-refractivity contribution in [2.24, 2.45) is 16.5 Å². The van der Waals surface area contributed by atoms with Gasteiger partial charge < -0.3 is 47.6 Å². The molecule has 6 rings (SSSR count). The van der Waals surface area contributed by atoms with Gasteiger partial charge in [-0.1, -0.05) is 81.8 Å². The standard InChI is InChI=1S/C62H79N11O9/c1-6-38-71-49-23-11-9-19-45(49)61(2,3)51(71)25-16-26-52-62(4,5)46-20-10-12-24-50(46)72(52)39-18-27-53(75)66-35-15-13-21-48(69-57(79)43(41-63)40-42-29-31-44(74)32-30-42)59(81)70-47(22-17-37-68-60(64)65)58(80)67-36-14-7-8-28-56(78)82-73-54(76)33-34-55(73)77/h9-12,16,19-20,23-26,29-32,40,47-48H,6-8,13-15,17-18,21-22,27-28,33-39H2,1-5H3,(H8-,64,65,66,67,68,69,70,74,75,79,80,81)/p+1. The highest BCUT2D eigenvalue weighted by Gasteiger charge is 2.44. The van der Waals surface area contributed by atoms with Crippen molar-refractivity contribution in [3.63, 3.8) is 0 Å². The second kappa shape index (κ2) is 29.7. The maximum Gasteiger partial charge on any atom is 0.333 e. The molecule has 0 aromatic heterocycles. The van der Waals surface area contributed by atoms with E-state index in [1.807, 2.05) is 12.1 Å². The number of carbonyl (C=O) groups is 7. The number of fused-ring (bicyclic) bond motifs is 2. The van der Waals surface area contributed by atoms with Gasteiger partial charge >= 0.3 is 5.97 Å². The summed E-state index contributed by atoms with van der Waals surface area (Å²) in [6.07, 6.45) is 12.4. The molecule has 20 heteroatoms. The molecule has 2 unspecified atom stereocenters. The van der Waals surface area contributed by atoms with Crippen molar-refractivity contribution in [3.8, 4) is 11.8 Å². The monoisotopic (exact) mass is 1120 g/mol. The second-order valence-corrected chi connectivity index (χ2v) is 21.8. The van der Waals surface area contributed by atoms with Gasteiger partial charge in [0.1, 0.15) is 36.0 Å². The van der Waals surface area contributed by atoms with Crippen LogP contribution in [0.25, 0.3) is 6.08 Å². The quantitative estimate of drug-likeness (QED) is 0.00725. The van der Waals surface area contributed by atoms with Crippen molar-refractivity contribution >= 4 is 70.5 Å². The number of phenols is 1. The number of nitrogens with two attached hydrogens (primary N) is 2. The van der Waals surface area contributed by atoms with Crippen molar-refractivity contribution in [1.29, 1.82) is 5.26 Å². The van der Waals surface area contributed by atoms with Crippen LogP contribution in [0.3, 0.4) is 0 Å². The number of phenolic OH excluding ortho intramolecular Hbond substituents is 1. The number of guanidine groups is 1. The molecule has 82 heavy (non-hydrogen) atoms. The summed E-state index contributed by atoms with van der Waals surface area (Å²) in [5.41, 5.74) is 18.1. The van der Waals surface area contributed by atoms with Crippen LogP contribution in [0, 0.1) is 11.3 Å². The minimum atomic E-state index is -1.21. The van der Waals surface area contributed by atoms with E-state index in [0.717, 1.165) is 24.4 Å². The van der Waals surface area contributed by atoms with Gasteiger partial charge in [-0.3, -0.25) is 33.8 Å². The first-order valence-corrected chi connectivity index (χ1v) is 28.5. The third-order valence-electron chi connectivity index (χ3n) is 14.9. The Balaban J connectivity index is 1.05. The Morgan fingerprint density at radius 3 is 2.16 bits per heavy atom. The highest BCUT2D eigenvalue weighted by atomic mass is 16.7. The van der Waals surface area contributed by atoms with Crippen molar-refractivity contribution in [2.45, 2.75) is 147 Å². The first-order chi connectivity index (χ1) is 39.3. The number of unbranched alkanes of at least 4 members (excludes halogenated alkanes) is 3. The smallest absolute Gasteiger partial charge is 0.333 e. The van der Waals surface area contributed by atoms with Crippen molar-refractivity contribution in [1.82, 2.24) is 26.3 Å². The molecule has 3 heterocycles. The van der Waals surface area contributed by atoms with Crippen molar-refractivity contribution in [2.75, 3.05) is 37.6 Å². The van der Waals surface area contributed by atoms with E-state index >= 15 is 0 Å². The summed E-state index contributed by atoms with van der Waals surface area (Å²) in [4.78, 5) is 102. The lowest BCUT2D eigenvalue weighted by atomic mass is 9.81. The number of amides is 6. The molecule has 0 radical (unpaired) electrons. The Kier molecular flexibility index (Phi) is 22.7. The summed E-state index contributed by atoms with van der Waals surface area (Å²) in [5, 5.41) is 31.5. The molecule has 9 N–H and O–H groups in total. The maximum absolute atomic E-state index is 14.2. The Bertz CT molecular complexity index is 3000. The van der Waals surface area contributed by atoms with Gasteiger partial charge in [-0.2, -0.15) is 9.84 Å². The molecule has 3 aromatic rings. The lowest BCUT2D eigenvalue weighted by Gasteiger charge is -2.27. The minimum absolute atomic E-state index is 0.00369. The fourth-order valence-electron chi connectivity index (χ4n) is 10.6. The normalized spacial score (nSPS) is 16.3. The van der Waals surface area contributed by atoms with Crippen LogP contribution in [-0.4, -0.2) is 113 Å². The zero-order chi connectivity index (χ0) is 59.4. The van der Waals surface area contributed by atoms with Crippen LogP contribution in [-0.2, 0) is 49.2 Å². The van der Waals surface area contributed by atoms with E-state index in [4.69, 9.17) is 16.3 Å². The van der Waals surface area contributed by atoms with Crippen LogP contribution in [0.15, 0.2) is 107 Å². The molecule has 0 spiro atoms. The molecular formula is C62H80N11O9+. The summed E-state index contributed by atoms with van der Waals surface area (Å²) in [6, 6.07) is 22.5. The third kappa shape index (κ3) is 16.7. The third-order valence-corrected chi connectivity index (χ3v) is 14.9. The molecule has 3 aliphatic rings. The van der Waals surface area contributed by atoms with E-state index in [9.17, 15) is 43.9 Å². The van der Waals surface area contributed by atoms with Gasteiger partial charge in [0.15, 0.2) is 11.7 Å². The Morgan fingerprint density at radius 1 is 0.793 bits per heavy atom. The molecule has 0 saturated carbocycles. The molecule has 0 bridgehead atoms. The minimum Gasteiger partial charge on any atom is -0.508 e. The number of anilines is 1. The van der Waals surface area contributed by atoms with Crippen LogP contribution in [0.4, 0.5) is 11.4 Å². The molecular weight excluding hydrogens is 1040 g/mol. The van der Waals surface area contributed by atoms with Gasteiger partial charge in [0, 0.05) is 92.8 Å². The first kappa shape index (κ1) is 62.6. The van der Waals surface area contributed by atoms with Crippen LogP contribution in [0.2, 0.25) is 0 Å². The van der Waals surface area contributed by atoms with Crippen molar-refractivity contribution < 1.29 is 48.1 Å². The van der Waals surface area contributed by atoms with Crippen LogP contribution in [0.1, 0.15) is 141 Å². The van der Waals surface area contributed by atoms with Gasteiger partial charge in [0.25, 0.3) is 17.7 Å². The zero-order valence-corrected chi connectivity index (χ0v) is 47.9. The molecule has 1 saturated heterocycles. The summed E-state index contributed by atoms with van der Waals surface area (Å²) < 4.78 is 2.43.